The first-order chi connectivity index (χ1) is 10.4. The molecule has 1 atom stereocenters. The van der Waals surface area contributed by atoms with Crippen molar-refractivity contribution in [2.24, 2.45) is 5.92 Å². The summed E-state index contributed by atoms with van der Waals surface area (Å²) in [5.74, 6) is -1.33. The molecule has 1 aromatic carbocycles. The number of ketones is 1. The van der Waals surface area contributed by atoms with Gasteiger partial charge in [0, 0.05) is 18.0 Å². The summed E-state index contributed by atoms with van der Waals surface area (Å²) in [5.41, 5.74) is 0.913. The Morgan fingerprint density at radius 2 is 1.91 bits per heavy atom. The lowest BCUT2D eigenvalue weighted by atomic mass is 9.90. The van der Waals surface area contributed by atoms with Crippen LogP contribution in [0.3, 0.4) is 0 Å². The molecule has 0 bridgehead atoms. The van der Waals surface area contributed by atoms with Crippen LogP contribution in [0.4, 0.5) is 0 Å². The third-order valence-electron chi connectivity index (χ3n) is 4.15. The molecule has 0 saturated carbocycles. The van der Waals surface area contributed by atoms with Crippen LogP contribution in [-0.2, 0) is 20.9 Å². The van der Waals surface area contributed by atoms with Crippen LogP contribution in [0, 0.1) is 5.92 Å². The maximum atomic E-state index is 12.3. The molecule has 0 spiro atoms. The number of esters is 1. The van der Waals surface area contributed by atoms with Gasteiger partial charge >= 0.3 is 5.97 Å². The van der Waals surface area contributed by atoms with Crippen LogP contribution < -0.4 is 0 Å². The van der Waals surface area contributed by atoms with Crippen LogP contribution >= 0.6 is 0 Å². The quantitative estimate of drug-likeness (QED) is 0.634. The average molecular weight is 303 g/mol. The fourth-order valence-corrected chi connectivity index (χ4v) is 2.76. The molecule has 4 heteroatoms. The number of benzene rings is 1. The van der Waals surface area contributed by atoms with Gasteiger partial charge in [0.15, 0.2) is 0 Å². The molecule has 22 heavy (non-hydrogen) atoms. The first kappa shape index (κ1) is 16.7. The van der Waals surface area contributed by atoms with Crippen LogP contribution in [0.5, 0.6) is 0 Å². The van der Waals surface area contributed by atoms with Gasteiger partial charge in [-0.25, -0.2) is 4.79 Å². The third kappa shape index (κ3) is 4.41. The van der Waals surface area contributed by atoms with E-state index in [0.29, 0.717) is 6.54 Å². The van der Waals surface area contributed by atoms with Crippen LogP contribution in [0.25, 0.3) is 0 Å². The zero-order chi connectivity index (χ0) is 16.2. The summed E-state index contributed by atoms with van der Waals surface area (Å²) in [6, 6.07) is 9.42. The van der Waals surface area contributed by atoms with Gasteiger partial charge in [-0.15, -0.1) is 0 Å². The number of hydrogen-bond donors (Lipinski definition) is 0. The first-order valence-electron chi connectivity index (χ1n) is 7.88. The molecule has 0 aromatic heterocycles. The van der Waals surface area contributed by atoms with Crippen LogP contribution in [0.1, 0.15) is 39.2 Å². The molecule has 4 nitrogen and oxygen atoms in total. The molecule has 0 aliphatic carbocycles. The van der Waals surface area contributed by atoms with Crippen LogP contribution in [-0.4, -0.2) is 35.3 Å². The highest BCUT2D eigenvalue weighted by Gasteiger charge is 2.34. The maximum Gasteiger partial charge on any atom is 0.375 e. The second kappa shape index (κ2) is 7.05. The highest BCUT2D eigenvalue weighted by Crippen LogP contribution is 2.24. The van der Waals surface area contributed by atoms with Gasteiger partial charge in [-0.05, 0) is 45.7 Å². The molecule has 1 aliphatic heterocycles. The molecule has 1 saturated heterocycles. The molecule has 1 fully saturated rings. The number of hydrogen-bond acceptors (Lipinski definition) is 4. The number of likely N-dealkylation sites (tertiary alicyclic amines) is 1. The minimum atomic E-state index is -0.704. The van der Waals surface area contributed by atoms with E-state index in [4.69, 9.17) is 4.74 Å². The molecule has 120 valence electrons. The number of Topliss-reactive ketones (excluding diaryl/α,β-unsaturated/α-hetero) is 1. The number of piperidine rings is 1. The lowest BCUT2D eigenvalue weighted by Crippen LogP contribution is -2.49. The van der Waals surface area contributed by atoms with Gasteiger partial charge in [-0.3, -0.25) is 9.69 Å². The van der Waals surface area contributed by atoms with Crippen LogP contribution in [0.15, 0.2) is 30.3 Å². The fourth-order valence-electron chi connectivity index (χ4n) is 2.76. The van der Waals surface area contributed by atoms with Crippen molar-refractivity contribution in [2.45, 2.75) is 45.8 Å². The van der Waals surface area contributed by atoms with E-state index in [0.717, 1.165) is 24.9 Å². The smallest absolute Gasteiger partial charge is 0.375 e. The second-order valence-corrected chi connectivity index (χ2v) is 6.88. The summed E-state index contributed by atoms with van der Waals surface area (Å²) in [7, 11) is 0. The summed E-state index contributed by atoms with van der Waals surface area (Å²) >= 11 is 0. The van der Waals surface area contributed by atoms with Crippen molar-refractivity contribution in [1.29, 1.82) is 0 Å². The van der Waals surface area contributed by atoms with Gasteiger partial charge in [0.1, 0.15) is 6.61 Å². The van der Waals surface area contributed by atoms with E-state index >= 15 is 0 Å². The summed E-state index contributed by atoms with van der Waals surface area (Å²) < 4.78 is 5.16. The van der Waals surface area contributed by atoms with E-state index < -0.39 is 5.97 Å². The number of carbonyl (C=O) groups is 2. The Kier molecular flexibility index (Phi) is 5.35. The molecular weight excluding hydrogens is 278 g/mol. The lowest BCUT2D eigenvalue weighted by Gasteiger charge is -2.40. The highest BCUT2D eigenvalue weighted by atomic mass is 16.5. The van der Waals surface area contributed by atoms with E-state index in [9.17, 15) is 9.59 Å². The Labute approximate surface area is 132 Å². The van der Waals surface area contributed by atoms with Gasteiger partial charge < -0.3 is 4.74 Å². The second-order valence-electron chi connectivity index (χ2n) is 6.88. The van der Waals surface area contributed by atoms with Crippen molar-refractivity contribution in [2.75, 3.05) is 13.1 Å². The molecule has 1 aliphatic rings. The molecule has 1 unspecified atom stereocenters. The Bertz CT molecular complexity index is 519. The van der Waals surface area contributed by atoms with Gasteiger partial charge in [-0.2, -0.15) is 0 Å². The van der Waals surface area contributed by atoms with Crippen molar-refractivity contribution < 1.29 is 14.3 Å². The summed E-state index contributed by atoms with van der Waals surface area (Å²) in [6.07, 6.45) is 1.71. The SMILES string of the molecule is CC(C)(C)N1CCCC(C(=O)C(=O)OCc2ccccc2)C1. The monoisotopic (exact) mass is 303 g/mol. The number of nitrogens with zero attached hydrogens (tertiary/aromatic N) is 1. The average Bonchev–Trinajstić information content (AvgIpc) is 2.52. The Morgan fingerprint density at radius 1 is 1.23 bits per heavy atom. The highest BCUT2D eigenvalue weighted by molar-refractivity contribution is 6.34. The Hall–Kier alpha value is -1.68. The molecule has 2 rings (SSSR count). The van der Waals surface area contributed by atoms with Crippen molar-refractivity contribution in [3.05, 3.63) is 35.9 Å². The van der Waals surface area contributed by atoms with Gasteiger partial charge in [0.25, 0.3) is 0 Å². The third-order valence-corrected chi connectivity index (χ3v) is 4.15. The Balaban J connectivity index is 1.89. The van der Waals surface area contributed by atoms with Gasteiger partial charge in [0.2, 0.25) is 5.78 Å². The predicted octanol–water partition coefficient (Wildman–Crippen LogP) is 2.81. The van der Waals surface area contributed by atoms with E-state index in [1.807, 2.05) is 30.3 Å². The van der Waals surface area contributed by atoms with Gasteiger partial charge in [-0.1, -0.05) is 30.3 Å². The standard InChI is InChI=1S/C18H25NO3/c1-18(2,3)19-11-7-10-15(12-19)16(20)17(21)22-13-14-8-5-4-6-9-14/h4-6,8-9,15H,7,10-13H2,1-3H3. The molecule has 0 radical (unpaired) electrons. The summed E-state index contributed by atoms with van der Waals surface area (Å²) in [6.45, 7) is 8.17. The largest absolute Gasteiger partial charge is 0.455 e. The van der Waals surface area contributed by atoms with Gasteiger partial charge in [0.05, 0.1) is 0 Å². The molecular formula is C18H25NO3. The van der Waals surface area contributed by atoms with Crippen molar-refractivity contribution in [3.8, 4) is 0 Å². The lowest BCUT2D eigenvalue weighted by molar-refractivity contribution is -0.157. The predicted molar refractivity (Wildman–Crippen MR) is 85.3 cm³/mol. The fraction of sp³-hybridized carbons (Fsp3) is 0.556. The normalized spacial score (nSPS) is 19.7. The molecule has 0 amide bonds. The summed E-state index contributed by atoms with van der Waals surface area (Å²) in [4.78, 5) is 26.5. The molecule has 1 aromatic rings. The van der Waals surface area contributed by atoms with Crippen LogP contribution in [0.2, 0.25) is 0 Å². The van der Waals surface area contributed by atoms with E-state index in [1.165, 1.54) is 0 Å². The maximum absolute atomic E-state index is 12.3. The molecule has 1 heterocycles. The minimum Gasteiger partial charge on any atom is -0.455 e. The van der Waals surface area contributed by atoms with E-state index in [1.54, 1.807) is 0 Å². The molecule has 0 N–H and O–H groups in total. The number of carbonyl (C=O) groups excluding carboxylic acids is 2. The Morgan fingerprint density at radius 3 is 2.55 bits per heavy atom. The number of ether oxygens (including phenoxy) is 1. The minimum absolute atomic E-state index is 0.0207. The first-order valence-corrected chi connectivity index (χ1v) is 7.88. The van der Waals surface area contributed by atoms with E-state index in [-0.39, 0.29) is 23.8 Å². The van der Waals surface area contributed by atoms with E-state index in [2.05, 4.69) is 25.7 Å². The zero-order valence-electron chi connectivity index (χ0n) is 13.7. The van der Waals surface area contributed by atoms with Crippen molar-refractivity contribution >= 4 is 11.8 Å². The zero-order valence-corrected chi connectivity index (χ0v) is 13.7. The van der Waals surface area contributed by atoms with Crippen molar-refractivity contribution in [1.82, 2.24) is 4.90 Å². The number of rotatable bonds is 4. The van der Waals surface area contributed by atoms with Crippen molar-refractivity contribution in [3.63, 3.8) is 0 Å². The summed E-state index contributed by atoms with van der Waals surface area (Å²) in [5, 5.41) is 0. The topological polar surface area (TPSA) is 46.6 Å².